The molecule has 0 aliphatic heterocycles. The van der Waals surface area contributed by atoms with Crippen LogP contribution in [0.4, 0.5) is 13.2 Å². The number of pyridine rings is 1. The average Bonchev–Trinajstić information content (AvgIpc) is 2.29. The van der Waals surface area contributed by atoms with Crippen LogP contribution in [0.5, 0.6) is 0 Å². The van der Waals surface area contributed by atoms with Crippen LogP contribution in [0.25, 0.3) is 0 Å². The molecule has 1 aromatic heterocycles. The number of alkyl halides is 3. The molecule has 6 heteroatoms. The van der Waals surface area contributed by atoms with Crippen molar-refractivity contribution in [1.29, 1.82) is 0 Å². The van der Waals surface area contributed by atoms with Crippen molar-refractivity contribution in [1.82, 2.24) is 10.3 Å². The lowest BCUT2D eigenvalue weighted by atomic mass is 10.1. The van der Waals surface area contributed by atoms with Crippen molar-refractivity contribution in [3.8, 4) is 0 Å². The molecule has 1 unspecified atom stereocenters. The minimum Gasteiger partial charge on any atom is -0.353 e. The van der Waals surface area contributed by atoms with Crippen molar-refractivity contribution in [2.45, 2.75) is 45.3 Å². The van der Waals surface area contributed by atoms with Gasteiger partial charge in [0.25, 0.3) is 0 Å². The van der Waals surface area contributed by atoms with E-state index in [0.717, 1.165) is 11.3 Å². The summed E-state index contributed by atoms with van der Waals surface area (Å²) in [4.78, 5) is 15.5. The number of hydrogen-bond donors (Lipinski definition) is 1. The SMILES string of the molecule is Cc1cccnc1CC(C)NC(=O)CCC(F)(F)F. The summed E-state index contributed by atoms with van der Waals surface area (Å²) in [7, 11) is 0. The molecule has 1 heterocycles. The van der Waals surface area contributed by atoms with E-state index >= 15 is 0 Å². The number of hydrogen-bond acceptors (Lipinski definition) is 2. The zero-order valence-corrected chi connectivity index (χ0v) is 10.9. The van der Waals surface area contributed by atoms with Gasteiger partial charge in [-0.25, -0.2) is 0 Å². The molecule has 19 heavy (non-hydrogen) atoms. The normalized spacial score (nSPS) is 13.1. The Morgan fingerprint density at radius 2 is 2.16 bits per heavy atom. The molecular weight excluding hydrogens is 257 g/mol. The van der Waals surface area contributed by atoms with Gasteiger partial charge < -0.3 is 5.32 Å². The van der Waals surface area contributed by atoms with E-state index in [2.05, 4.69) is 10.3 Å². The van der Waals surface area contributed by atoms with E-state index in [1.165, 1.54) is 0 Å². The van der Waals surface area contributed by atoms with Crippen molar-refractivity contribution >= 4 is 5.91 Å². The van der Waals surface area contributed by atoms with Crippen molar-refractivity contribution < 1.29 is 18.0 Å². The maximum absolute atomic E-state index is 12.0. The highest BCUT2D eigenvalue weighted by Crippen LogP contribution is 2.21. The third-order valence-corrected chi connectivity index (χ3v) is 2.66. The Balaban J connectivity index is 2.41. The fraction of sp³-hybridized carbons (Fsp3) is 0.538. The molecule has 0 bridgehead atoms. The van der Waals surface area contributed by atoms with Gasteiger partial charge in [-0.3, -0.25) is 9.78 Å². The van der Waals surface area contributed by atoms with Crippen LogP contribution in [0.1, 0.15) is 31.0 Å². The second kappa shape index (κ2) is 6.54. The van der Waals surface area contributed by atoms with Gasteiger partial charge in [0.15, 0.2) is 0 Å². The highest BCUT2D eigenvalue weighted by Gasteiger charge is 2.28. The highest BCUT2D eigenvalue weighted by molar-refractivity contribution is 5.76. The molecule has 0 saturated heterocycles. The molecule has 106 valence electrons. The maximum atomic E-state index is 12.0. The summed E-state index contributed by atoms with van der Waals surface area (Å²) >= 11 is 0. The number of nitrogens with one attached hydrogen (secondary N) is 1. The molecule has 0 fully saturated rings. The fourth-order valence-corrected chi connectivity index (χ4v) is 1.68. The summed E-state index contributed by atoms with van der Waals surface area (Å²) in [5, 5.41) is 2.55. The summed E-state index contributed by atoms with van der Waals surface area (Å²) in [5.41, 5.74) is 1.84. The summed E-state index contributed by atoms with van der Waals surface area (Å²) < 4.78 is 35.9. The number of carbonyl (C=O) groups excluding carboxylic acids is 1. The molecule has 0 spiro atoms. The van der Waals surface area contributed by atoms with Crippen LogP contribution < -0.4 is 5.32 Å². The first-order valence-electron chi connectivity index (χ1n) is 6.04. The number of rotatable bonds is 5. The molecule has 0 saturated carbocycles. The number of carbonyl (C=O) groups is 1. The smallest absolute Gasteiger partial charge is 0.353 e. The van der Waals surface area contributed by atoms with Crippen molar-refractivity contribution in [3.63, 3.8) is 0 Å². The Kier molecular flexibility index (Phi) is 5.32. The van der Waals surface area contributed by atoms with Crippen molar-refractivity contribution in [2.75, 3.05) is 0 Å². The van der Waals surface area contributed by atoms with Crippen LogP contribution in [0.15, 0.2) is 18.3 Å². The first kappa shape index (κ1) is 15.5. The molecule has 0 aliphatic carbocycles. The second-order valence-corrected chi connectivity index (χ2v) is 4.55. The Labute approximate surface area is 110 Å². The van der Waals surface area contributed by atoms with Crippen LogP contribution in [0, 0.1) is 6.92 Å². The van der Waals surface area contributed by atoms with Gasteiger partial charge in [0.2, 0.25) is 5.91 Å². The molecule has 1 aromatic rings. The standard InChI is InChI=1S/C13H17F3N2O/c1-9-4-3-7-17-11(9)8-10(2)18-12(19)5-6-13(14,15)16/h3-4,7,10H,5-6,8H2,1-2H3,(H,18,19). The van der Waals surface area contributed by atoms with E-state index in [0.29, 0.717) is 6.42 Å². The van der Waals surface area contributed by atoms with Crippen molar-refractivity contribution in [3.05, 3.63) is 29.6 Å². The zero-order valence-electron chi connectivity index (χ0n) is 10.9. The molecule has 0 aromatic carbocycles. The van der Waals surface area contributed by atoms with E-state index < -0.39 is 24.9 Å². The van der Waals surface area contributed by atoms with E-state index in [-0.39, 0.29) is 6.04 Å². The number of aryl methyl sites for hydroxylation is 1. The predicted molar refractivity (Wildman–Crippen MR) is 65.6 cm³/mol. The Hall–Kier alpha value is -1.59. The van der Waals surface area contributed by atoms with Gasteiger partial charge >= 0.3 is 6.18 Å². The minimum atomic E-state index is -4.29. The van der Waals surface area contributed by atoms with Crippen LogP contribution in [-0.4, -0.2) is 23.1 Å². The minimum absolute atomic E-state index is 0.241. The Bertz CT molecular complexity index is 432. The quantitative estimate of drug-likeness (QED) is 0.897. The lowest BCUT2D eigenvalue weighted by Gasteiger charge is -2.15. The largest absolute Gasteiger partial charge is 0.389 e. The topological polar surface area (TPSA) is 42.0 Å². The second-order valence-electron chi connectivity index (χ2n) is 4.55. The highest BCUT2D eigenvalue weighted by atomic mass is 19.4. The molecule has 1 rings (SSSR count). The first-order valence-corrected chi connectivity index (χ1v) is 6.04. The molecule has 1 N–H and O–H groups in total. The third kappa shape index (κ3) is 6.22. The zero-order chi connectivity index (χ0) is 14.5. The molecular formula is C13H17F3N2O. The van der Waals surface area contributed by atoms with Gasteiger partial charge in [0.05, 0.1) is 6.42 Å². The summed E-state index contributed by atoms with van der Waals surface area (Å²) in [6.07, 6.45) is -3.76. The fourth-order valence-electron chi connectivity index (χ4n) is 1.68. The molecule has 1 amide bonds. The van der Waals surface area contributed by atoms with E-state index in [9.17, 15) is 18.0 Å². The van der Waals surface area contributed by atoms with Crippen LogP contribution >= 0.6 is 0 Å². The maximum Gasteiger partial charge on any atom is 0.389 e. The van der Waals surface area contributed by atoms with Gasteiger partial charge in [0.1, 0.15) is 0 Å². The Morgan fingerprint density at radius 1 is 1.47 bits per heavy atom. The lowest BCUT2D eigenvalue weighted by Crippen LogP contribution is -2.35. The van der Waals surface area contributed by atoms with Gasteiger partial charge in [-0.15, -0.1) is 0 Å². The van der Waals surface area contributed by atoms with Crippen LogP contribution in [-0.2, 0) is 11.2 Å². The monoisotopic (exact) mass is 274 g/mol. The van der Waals surface area contributed by atoms with E-state index in [4.69, 9.17) is 0 Å². The van der Waals surface area contributed by atoms with Crippen molar-refractivity contribution in [2.24, 2.45) is 0 Å². The number of amides is 1. The predicted octanol–water partition coefficient (Wildman–Crippen LogP) is 2.78. The van der Waals surface area contributed by atoms with E-state index in [1.54, 1.807) is 13.1 Å². The van der Waals surface area contributed by atoms with Crippen LogP contribution in [0.2, 0.25) is 0 Å². The first-order chi connectivity index (χ1) is 8.78. The molecule has 0 aliphatic rings. The molecule has 1 atom stereocenters. The third-order valence-electron chi connectivity index (χ3n) is 2.66. The number of aromatic nitrogens is 1. The summed E-state index contributed by atoms with van der Waals surface area (Å²) in [6, 6.07) is 3.47. The van der Waals surface area contributed by atoms with Gasteiger partial charge in [-0.2, -0.15) is 13.2 Å². The van der Waals surface area contributed by atoms with Gasteiger partial charge in [0, 0.05) is 30.8 Å². The summed E-state index contributed by atoms with van der Waals surface area (Å²) in [5.74, 6) is -0.585. The molecule has 3 nitrogen and oxygen atoms in total. The van der Waals surface area contributed by atoms with Gasteiger partial charge in [-0.1, -0.05) is 6.07 Å². The van der Waals surface area contributed by atoms with Crippen LogP contribution in [0.3, 0.4) is 0 Å². The molecule has 0 radical (unpaired) electrons. The van der Waals surface area contributed by atoms with E-state index in [1.807, 2.05) is 19.1 Å². The number of halogens is 3. The summed E-state index contributed by atoms with van der Waals surface area (Å²) in [6.45, 7) is 3.65. The van der Waals surface area contributed by atoms with Gasteiger partial charge in [-0.05, 0) is 25.5 Å². The average molecular weight is 274 g/mol. The Morgan fingerprint density at radius 3 is 2.74 bits per heavy atom. The lowest BCUT2D eigenvalue weighted by molar-refractivity contribution is -0.144. The number of nitrogens with zero attached hydrogens (tertiary/aromatic N) is 1.